The van der Waals surface area contributed by atoms with Crippen LogP contribution in [-0.2, 0) is 22.6 Å². The van der Waals surface area contributed by atoms with Crippen LogP contribution < -0.4 is 10.2 Å². The van der Waals surface area contributed by atoms with Gasteiger partial charge in [-0.1, -0.05) is 48.0 Å². The lowest BCUT2D eigenvalue weighted by Gasteiger charge is -2.27. The molecule has 0 bridgehead atoms. The van der Waals surface area contributed by atoms with Crippen LogP contribution in [0.3, 0.4) is 0 Å². The number of para-hydroxylation sites is 1. The van der Waals surface area contributed by atoms with Crippen molar-refractivity contribution in [3.63, 3.8) is 0 Å². The van der Waals surface area contributed by atoms with E-state index in [2.05, 4.69) is 44.8 Å². The van der Waals surface area contributed by atoms with Gasteiger partial charge in [0.05, 0.1) is 6.54 Å². The van der Waals surface area contributed by atoms with Crippen molar-refractivity contribution in [2.75, 3.05) is 4.90 Å². The molecule has 4 nitrogen and oxygen atoms in total. The van der Waals surface area contributed by atoms with Gasteiger partial charge >= 0.3 is 0 Å². The molecule has 2 aromatic carbocycles. The zero-order valence-electron chi connectivity index (χ0n) is 17.2. The third-order valence-corrected chi connectivity index (χ3v) is 7.38. The minimum absolute atomic E-state index is 0.0362. The minimum Gasteiger partial charge on any atom is -0.344 e. The third kappa shape index (κ3) is 4.16. The molecule has 0 spiro atoms. The first-order valence-corrected chi connectivity index (χ1v) is 12.0. The molecule has 1 aliphatic heterocycles. The van der Waals surface area contributed by atoms with Crippen LogP contribution in [0.4, 0.5) is 5.69 Å². The fourth-order valence-electron chi connectivity index (χ4n) is 3.86. The van der Waals surface area contributed by atoms with Crippen LogP contribution in [0.25, 0.3) is 10.1 Å². The molecule has 156 valence electrons. The second-order valence-corrected chi connectivity index (χ2v) is 9.69. The number of halogens is 1. The Kier molecular flexibility index (Phi) is 6.25. The number of benzene rings is 2. The van der Waals surface area contributed by atoms with Crippen LogP contribution in [0.5, 0.6) is 0 Å². The Bertz CT molecular complexity index is 1090. The number of rotatable bonds is 5. The number of aryl methyl sites for hydroxylation is 1. The maximum Gasteiger partial charge on any atom is 0.249 e. The van der Waals surface area contributed by atoms with E-state index in [4.69, 9.17) is 0 Å². The van der Waals surface area contributed by atoms with Crippen molar-refractivity contribution in [1.82, 2.24) is 5.32 Å². The van der Waals surface area contributed by atoms with E-state index in [0.29, 0.717) is 13.0 Å². The molecule has 0 fully saturated rings. The number of hydrogen-bond donors (Lipinski definition) is 1. The normalized spacial score (nSPS) is 17.5. The predicted molar refractivity (Wildman–Crippen MR) is 127 cm³/mol. The molecule has 0 saturated heterocycles. The lowest BCUT2D eigenvalue weighted by atomic mass is 10.0. The van der Waals surface area contributed by atoms with Crippen molar-refractivity contribution in [2.24, 2.45) is 5.92 Å². The maximum atomic E-state index is 13.6. The number of carbonyl (C=O) groups excluding carboxylic acids is 2. The standard InChI is InChI=1S/C24H25BrN2O2S/c1-3-15(2)23(28)26-20-10-8-16-6-4-5-7-21(16)27(24(20)29)13-17-14-30-22-11-9-18(25)12-19(17)22/h4-7,9,11-12,14-15,20H,3,8,10,13H2,1-2H3,(H,26,28)/t15-,20+/m1/s1. The molecule has 0 unspecified atom stereocenters. The molecule has 2 amide bonds. The van der Waals surface area contributed by atoms with Crippen molar-refractivity contribution < 1.29 is 9.59 Å². The molecule has 0 radical (unpaired) electrons. The summed E-state index contributed by atoms with van der Waals surface area (Å²) < 4.78 is 2.22. The molecule has 2 heterocycles. The monoisotopic (exact) mass is 484 g/mol. The fraction of sp³-hybridized carbons (Fsp3) is 0.333. The summed E-state index contributed by atoms with van der Waals surface area (Å²) >= 11 is 5.25. The number of nitrogens with one attached hydrogen (secondary N) is 1. The van der Waals surface area contributed by atoms with Crippen molar-refractivity contribution in [3.05, 3.63) is 63.4 Å². The number of hydrogen-bond acceptors (Lipinski definition) is 3. The minimum atomic E-state index is -0.504. The van der Waals surface area contributed by atoms with E-state index >= 15 is 0 Å². The molecule has 0 aliphatic carbocycles. The summed E-state index contributed by atoms with van der Waals surface area (Å²) in [5.74, 6) is -0.187. The van der Waals surface area contributed by atoms with Gasteiger partial charge in [-0.2, -0.15) is 0 Å². The first-order valence-electron chi connectivity index (χ1n) is 10.3. The number of thiophene rings is 1. The molecule has 3 aromatic rings. The molecule has 1 N–H and O–H groups in total. The van der Waals surface area contributed by atoms with E-state index < -0.39 is 6.04 Å². The molecule has 6 heteroatoms. The predicted octanol–water partition coefficient (Wildman–Crippen LogP) is 5.67. The summed E-state index contributed by atoms with van der Waals surface area (Å²) in [5, 5.41) is 6.30. The maximum absolute atomic E-state index is 13.6. The summed E-state index contributed by atoms with van der Waals surface area (Å²) in [6, 6.07) is 13.8. The van der Waals surface area contributed by atoms with Gasteiger partial charge in [0.25, 0.3) is 0 Å². The van der Waals surface area contributed by atoms with E-state index in [0.717, 1.165) is 39.5 Å². The van der Waals surface area contributed by atoms with Crippen molar-refractivity contribution in [2.45, 2.75) is 45.7 Å². The summed E-state index contributed by atoms with van der Waals surface area (Å²) in [6.07, 6.45) is 2.14. The Morgan fingerprint density at radius 1 is 1.30 bits per heavy atom. The van der Waals surface area contributed by atoms with Crippen LogP contribution in [0.2, 0.25) is 0 Å². The lowest BCUT2D eigenvalue weighted by molar-refractivity contribution is -0.129. The van der Waals surface area contributed by atoms with E-state index in [-0.39, 0.29) is 17.7 Å². The van der Waals surface area contributed by atoms with Crippen LogP contribution in [0.15, 0.2) is 52.3 Å². The molecular weight excluding hydrogens is 460 g/mol. The van der Waals surface area contributed by atoms with Gasteiger partial charge in [0.1, 0.15) is 6.04 Å². The van der Waals surface area contributed by atoms with Gasteiger partial charge in [-0.3, -0.25) is 9.59 Å². The fourth-order valence-corrected chi connectivity index (χ4v) is 5.15. The van der Waals surface area contributed by atoms with Gasteiger partial charge in [0, 0.05) is 20.8 Å². The summed E-state index contributed by atoms with van der Waals surface area (Å²) in [4.78, 5) is 28.0. The molecular formula is C24H25BrN2O2S. The van der Waals surface area contributed by atoms with Crippen molar-refractivity contribution in [1.29, 1.82) is 0 Å². The number of carbonyl (C=O) groups is 2. The van der Waals surface area contributed by atoms with E-state index in [9.17, 15) is 9.59 Å². The largest absolute Gasteiger partial charge is 0.344 e. The lowest BCUT2D eigenvalue weighted by Crippen LogP contribution is -2.49. The Balaban J connectivity index is 1.69. The zero-order valence-corrected chi connectivity index (χ0v) is 19.6. The second-order valence-electron chi connectivity index (χ2n) is 7.86. The Hall–Kier alpha value is -2.18. The topological polar surface area (TPSA) is 49.4 Å². The van der Waals surface area contributed by atoms with E-state index in [1.807, 2.05) is 43.0 Å². The number of nitrogens with zero attached hydrogens (tertiary/aromatic N) is 1. The molecule has 4 rings (SSSR count). The Labute approximate surface area is 189 Å². The molecule has 1 aliphatic rings. The quantitative estimate of drug-likeness (QED) is 0.506. The van der Waals surface area contributed by atoms with E-state index in [1.54, 1.807) is 11.3 Å². The van der Waals surface area contributed by atoms with Gasteiger partial charge in [-0.15, -0.1) is 11.3 Å². The van der Waals surface area contributed by atoms with Gasteiger partial charge in [0.15, 0.2) is 0 Å². The number of amides is 2. The Morgan fingerprint density at radius 3 is 2.90 bits per heavy atom. The zero-order chi connectivity index (χ0) is 21.3. The number of fused-ring (bicyclic) bond motifs is 2. The Morgan fingerprint density at radius 2 is 2.10 bits per heavy atom. The summed E-state index contributed by atoms with van der Waals surface area (Å²) in [6.45, 7) is 4.38. The average Bonchev–Trinajstić information content (AvgIpc) is 3.10. The van der Waals surface area contributed by atoms with Crippen LogP contribution in [0, 0.1) is 5.92 Å². The molecule has 1 aromatic heterocycles. The number of anilines is 1. The first-order chi connectivity index (χ1) is 14.5. The highest BCUT2D eigenvalue weighted by molar-refractivity contribution is 9.10. The van der Waals surface area contributed by atoms with E-state index in [1.165, 1.54) is 4.70 Å². The van der Waals surface area contributed by atoms with Gasteiger partial charge in [-0.25, -0.2) is 0 Å². The first kappa shape index (κ1) is 21.1. The third-order valence-electron chi connectivity index (χ3n) is 5.87. The molecule has 0 saturated carbocycles. The average molecular weight is 485 g/mol. The SMILES string of the molecule is CC[C@@H](C)C(=O)N[C@H]1CCc2ccccc2N(Cc2csc3ccc(Br)cc23)C1=O. The van der Waals surface area contributed by atoms with Gasteiger partial charge in [0.2, 0.25) is 11.8 Å². The van der Waals surface area contributed by atoms with Crippen molar-refractivity contribution in [3.8, 4) is 0 Å². The van der Waals surface area contributed by atoms with Crippen LogP contribution in [0.1, 0.15) is 37.8 Å². The summed E-state index contributed by atoms with van der Waals surface area (Å²) in [5.41, 5.74) is 3.21. The highest BCUT2D eigenvalue weighted by Crippen LogP contribution is 2.33. The van der Waals surface area contributed by atoms with Gasteiger partial charge in [-0.05, 0) is 65.4 Å². The summed E-state index contributed by atoms with van der Waals surface area (Å²) in [7, 11) is 0. The molecule has 2 atom stereocenters. The van der Waals surface area contributed by atoms with Crippen molar-refractivity contribution >= 4 is 54.9 Å². The molecule has 30 heavy (non-hydrogen) atoms. The smallest absolute Gasteiger partial charge is 0.249 e. The highest BCUT2D eigenvalue weighted by atomic mass is 79.9. The highest BCUT2D eigenvalue weighted by Gasteiger charge is 2.32. The van der Waals surface area contributed by atoms with Crippen LogP contribution >= 0.6 is 27.3 Å². The van der Waals surface area contributed by atoms with Gasteiger partial charge < -0.3 is 10.2 Å². The van der Waals surface area contributed by atoms with Crippen LogP contribution in [-0.4, -0.2) is 17.9 Å². The second kappa shape index (κ2) is 8.90.